The number of sulfonamides is 1. The zero-order chi connectivity index (χ0) is 12.2. The maximum atomic E-state index is 11.6. The zero-order valence-electron chi connectivity index (χ0n) is 9.74. The van der Waals surface area contributed by atoms with E-state index in [1.807, 2.05) is 27.7 Å². The lowest BCUT2D eigenvalue weighted by Gasteiger charge is -2.21. The highest BCUT2D eigenvalue weighted by molar-refractivity contribution is 7.89. The number of nitrogens with two attached hydrogens (primary N) is 1. The minimum Gasteiger partial charge on any atom is -0.386 e. The topological polar surface area (TPSA) is 96.0 Å². The third-order valence-electron chi connectivity index (χ3n) is 1.86. The Morgan fingerprint density at radius 2 is 1.80 bits per heavy atom. The summed E-state index contributed by atoms with van der Waals surface area (Å²) in [4.78, 5) is 0. The van der Waals surface area contributed by atoms with Crippen molar-refractivity contribution in [3.63, 3.8) is 0 Å². The van der Waals surface area contributed by atoms with Gasteiger partial charge in [0.1, 0.15) is 5.84 Å². The van der Waals surface area contributed by atoms with Crippen LogP contribution < -0.4 is 10.5 Å². The van der Waals surface area contributed by atoms with Crippen LogP contribution in [0.2, 0.25) is 0 Å². The number of amidine groups is 1. The molecule has 1 atom stereocenters. The summed E-state index contributed by atoms with van der Waals surface area (Å²) >= 11 is 0. The summed E-state index contributed by atoms with van der Waals surface area (Å²) in [6.07, 6.45) is 0. The molecule has 0 bridgehead atoms. The van der Waals surface area contributed by atoms with Gasteiger partial charge in [-0.25, -0.2) is 13.1 Å². The zero-order valence-corrected chi connectivity index (χ0v) is 10.6. The van der Waals surface area contributed by atoms with Crippen LogP contribution in [0.1, 0.15) is 27.7 Å². The van der Waals surface area contributed by atoms with Gasteiger partial charge in [0.15, 0.2) is 0 Å². The first-order valence-corrected chi connectivity index (χ1v) is 6.65. The summed E-state index contributed by atoms with van der Waals surface area (Å²) in [5, 5.41) is 7.30. The smallest absolute Gasteiger partial charge is 0.212 e. The molecule has 0 radical (unpaired) electrons. The number of nitrogens with one attached hydrogen (secondary N) is 2. The second-order valence-electron chi connectivity index (χ2n) is 4.47. The maximum absolute atomic E-state index is 11.6. The molecule has 5 nitrogen and oxygen atoms in total. The molecule has 0 aromatic rings. The van der Waals surface area contributed by atoms with Crippen LogP contribution in [0.15, 0.2) is 0 Å². The van der Waals surface area contributed by atoms with E-state index in [0.29, 0.717) is 0 Å². The average Bonchev–Trinajstić information content (AvgIpc) is 1.96. The molecule has 6 heteroatoms. The van der Waals surface area contributed by atoms with Gasteiger partial charge in [-0.2, -0.15) is 0 Å². The summed E-state index contributed by atoms with van der Waals surface area (Å²) in [5.41, 5.74) is 5.33. The quantitative estimate of drug-likeness (QED) is 0.462. The lowest BCUT2D eigenvalue weighted by Crippen LogP contribution is -2.48. The number of hydrogen-bond acceptors (Lipinski definition) is 3. The van der Waals surface area contributed by atoms with Gasteiger partial charge >= 0.3 is 0 Å². The Hall–Kier alpha value is -0.620. The van der Waals surface area contributed by atoms with Gasteiger partial charge in [-0.3, -0.25) is 5.41 Å². The molecule has 4 N–H and O–H groups in total. The van der Waals surface area contributed by atoms with E-state index in [2.05, 4.69) is 4.72 Å². The Morgan fingerprint density at radius 3 is 2.07 bits per heavy atom. The van der Waals surface area contributed by atoms with Crippen LogP contribution in [-0.4, -0.2) is 26.0 Å². The molecule has 0 saturated heterocycles. The van der Waals surface area contributed by atoms with Crippen LogP contribution in [0, 0.1) is 17.2 Å². The first kappa shape index (κ1) is 14.4. The molecule has 0 aliphatic rings. The van der Waals surface area contributed by atoms with Crippen molar-refractivity contribution in [3.05, 3.63) is 0 Å². The third-order valence-corrected chi connectivity index (χ3v) is 3.58. The van der Waals surface area contributed by atoms with Crippen molar-refractivity contribution in [2.45, 2.75) is 33.7 Å². The van der Waals surface area contributed by atoms with E-state index in [1.54, 1.807) is 0 Å². The van der Waals surface area contributed by atoms with Gasteiger partial charge in [-0.15, -0.1) is 0 Å². The molecule has 0 aliphatic heterocycles. The Kier molecular flexibility index (Phi) is 5.23. The number of rotatable bonds is 6. The van der Waals surface area contributed by atoms with Gasteiger partial charge in [0.05, 0.1) is 11.8 Å². The van der Waals surface area contributed by atoms with Crippen molar-refractivity contribution in [1.82, 2.24) is 4.72 Å². The molecule has 1 unspecified atom stereocenters. The monoisotopic (exact) mass is 235 g/mol. The highest BCUT2D eigenvalue weighted by Crippen LogP contribution is 2.05. The maximum Gasteiger partial charge on any atom is 0.212 e. The molecular weight excluding hydrogens is 214 g/mol. The molecular formula is C9H21N3O2S. The Morgan fingerprint density at radius 1 is 1.33 bits per heavy atom. The van der Waals surface area contributed by atoms with Gasteiger partial charge in [-0.05, 0) is 11.8 Å². The van der Waals surface area contributed by atoms with Crippen molar-refractivity contribution in [1.29, 1.82) is 5.41 Å². The van der Waals surface area contributed by atoms with E-state index in [9.17, 15) is 8.42 Å². The van der Waals surface area contributed by atoms with E-state index in [0.717, 1.165) is 0 Å². The van der Waals surface area contributed by atoms with Gasteiger partial charge in [0.25, 0.3) is 0 Å². The highest BCUT2D eigenvalue weighted by Gasteiger charge is 2.23. The first-order chi connectivity index (χ1) is 6.65. The van der Waals surface area contributed by atoms with Gasteiger partial charge in [0, 0.05) is 0 Å². The fourth-order valence-corrected chi connectivity index (χ4v) is 3.00. The van der Waals surface area contributed by atoms with Crippen molar-refractivity contribution >= 4 is 15.9 Å². The first-order valence-electron chi connectivity index (χ1n) is 4.99. The standard InChI is InChI=1S/C9H21N3O2S/c1-6(2)5-15(13,14)12-8(7(3)4)9(10)11/h6-8,12H,5H2,1-4H3,(H3,10,11). The summed E-state index contributed by atoms with van der Waals surface area (Å²) < 4.78 is 25.6. The Labute approximate surface area is 92.0 Å². The second-order valence-corrected chi connectivity index (χ2v) is 6.27. The highest BCUT2D eigenvalue weighted by atomic mass is 32.2. The fourth-order valence-electron chi connectivity index (χ4n) is 1.24. The summed E-state index contributed by atoms with van der Waals surface area (Å²) in [5.74, 6) is -0.0483. The average molecular weight is 235 g/mol. The minimum atomic E-state index is -3.34. The van der Waals surface area contributed by atoms with Crippen molar-refractivity contribution in [2.75, 3.05) is 5.75 Å². The molecule has 90 valence electrons. The molecule has 15 heavy (non-hydrogen) atoms. The van der Waals surface area contributed by atoms with Crippen LogP contribution in [0.5, 0.6) is 0 Å². The largest absolute Gasteiger partial charge is 0.386 e. The molecule has 0 amide bonds. The normalized spacial score (nSPS) is 14.5. The lowest BCUT2D eigenvalue weighted by atomic mass is 10.1. The van der Waals surface area contributed by atoms with Crippen molar-refractivity contribution in [2.24, 2.45) is 17.6 Å². The molecule has 0 rings (SSSR count). The minimum absolute atomic E-state index is 0.0237. The van der Waals surface area contributed by atoms with Crippen LogP contribution in [-0.2, 0) is 10.0 Å². The predicted octanol–water partition coefficient (Wildman–Crippen LogP) is 0.522. The molecule has 0 aromatic heterocycles. The van der Waals surface area contributed by atoms with Gasteiger partial charge in [-0.1, -0.05) is 27.7 Å². The van der Waals surface area contributed by atoms with Crippen LogP contribution in [0.4, 0.5) is 0 Å². The van der Waals surface area contributed by atoms with Crippen molar-refractivity contribution in [3.8, 4) is 0 Å². The molecule has 0 spiro atoms. The van der Waals surface area contributed by atoms with Crippen LogP contribution in [0.25, 0.3) is 0 Å². The summed E-state index contributed by atoms with van der Waals surface area (Å²) in [7, 11) is -3.34. The van der Waals surface area contributed by atoms with E-state index in [1.165, 1.54) is 0 Å². The predicted molar refractivity (Wildman–Crippen MR) is 62.3 cm³/mol. The van der Waals surface area contributed by atoms with E-state index in [-0.39, 0.29) is 23.4 Å². The fraction of sp³-hybridized carbons (Fsp3) is 0.889. The Bertz CT molecular complexity index is 309. The molecule has 0 fully saturated rings. The Balaban J connectivity index is 4.61. The van der Waals surface area contributed by atoms with E-state index < -0.39 is 16.1 Å². The number of hydrogen-bond donors (Lipinski definition) is 3. The van der Waals surface area contributed by atoms with E-state index >= 15 is 0 Å². The third kappa shape index (κ3) is 5.74. The van der Waals surface area contributed by atoms with E-state index in [4.69, 9.17) is 11.1 Å². The SMILES string of the molecule is CC(C)CS(=O)(=O)NC(C(=N)N)C(C)C. The second kappa shape index (κ2) is 5.46. The van der Waals surface area contributed by atoms with Gasteiger partial charge in [0.2, 0.25) is 10.0 Å². The van der Waals surface area contributed by atoms with Crippen molar-refractivity contribution < 1.29 is 8.42 Å². The van der Waals surface area contributed by atoms with Crippen LogP contribution in [0.3, 0.4) is 0 Å². The molecule has 0 aromatic carbocycles. The van der Waals surface area contributed by atoms with Crippen LogP contribution >= 0.6 is 0 Å². The molecule has 0 saturated carbocycles. The summed E-state index contributed by atoms with van der Waals surface area (Å²) in [6.45, 7) is 7.31. The molecule has 0 aliphatic carbocycles. The molecule has 0 heterocycles. The van der Waals surface area contributed by atoms with Gasteiger partial charge < -0.3 is 5.73 Å². The lowest BCUT2D eigenvalue weighted by molar-refractivity contribution is 0.516. The summed E-state index contributed by atoms with van der Waals surface area (Å²) in [6, 6.07) is -0.603.